The van der Waals surface area contributed by atoms with Crippen LogP contribution in [0.25, 0.3) is 0 Å². The van der Waals surface area contributed by atoms with Crippen LogP contribution < -0.4 is 15.5 Å². The lowest BCUT2D eigenvalue weighted by Crippen LogP contribution is -2.50. The number of methoxy groups -OCH3 is 1. The average Bonchev–Trinajstić information content (AvgIpc) is 2.93. The van der Waals surface area contributed by atoms with E-state index in [1.54, 1.807) is 61.3 Å². The zero-order valence-electron chi connectivity index (χ0n) is 16.9. The number of halogens is 1. The Morgan fingerprint density at radius 2 is 1.87 bits per heavy atom. The molecule has 158 valence electrons. The summed E-state index contributed by atoms with van der Waals surface area (Å²) in [7, 11) is 3.17. The molecule has 0 spiro atoms. The topological polar surface area (TPSA) is 91.0 Å². The van der Waals surface area contributed by atoms with Gasteiger partial charge in [-0.3, -0.25) is 19.9 Å². The third-order valence-electron chi connectivity index (χ3n) is 4.91. The Hall–Kier alpha value is -3.46. The highest BCUT2D eigenvalue weighted by Crippen LogP contribution is 2.29. The van der Waals surface area contributed by atoms with Gasteiger partial charge in [-0.15, -0.1) is 0 Å². The molecule has 30 heavy (non-hydrogen) atoms. The SMILES string of the molecule is COc1ccc(C2(C)NC(=O)N(NC(=O)CN(C)Cc3ccccc3F)C2=O)cc1. The summed E-state index contributed by atoms with van der Waals surface area (Å²) in [5, 5.41) is 3.28. The van der Waals surface area contributed by atoms with E-state index in [9.17, 15) is 18.8 Å². The van der Waals surface area contributed by atoms with Crippen molar-refractivity contribution in [3.05, 3.63) is 65.5 Å². The van der Waals surface area contributed by atoms with Crippen LogP contribution in [0.2, 0.25) is 0 Å². The number of ether oxygens (including phenoxy) is 1. The second-order valence-corrected chi connectivity index (χ2v) is 7.22. The van der Waals surface area contributed by atoms with Crippen molar-refractivity contribution < 1.29 is 23.5 Å². The lowest BCUT2D eigenvalue weighted by Gasteiger charge is -2.23. The first-order valence-corrected chi connectivity index (χ1v) is 9.27. The lowest BCUT2D eigenvalue weighted by atomic mass is 9.92. The van der Waals surface area contributed by atoms with Crippen LogP contribution in [-0.2, 0) is 21.7 Å². The Bertz CT molecular complexity index is 966. The molecule has 1 saturated heterocycles. The van der Waals surface area contributed by atoms with E-state index in [2.05, 4.69) is 10.7 Å². The van der Waals surface area contributed by atoms with Crippen molar-refractivity contribution in [1.82, 2.24) is 20.7 Å². The molecular formula is C21H23FN4O4. The van der Waals surface area contributed by atoms with Gasteiger partial charge in [0.1, 0.15) is 17.1 Å². The van der Waals surface area contributed by atoms with Crippen molar-refractivity contribution in [2.75, 3.05) is 20.7 Å². The molecular weight excluding hydrogens is 391 g/mol. The molecule has 1 unspecified atom stereocenters. The van der Waals surface area contributed by atoms with Gasteiger partial charge in [-0.1, -0.05) is 30.3 Å². The largest absolute Gasteiger partial charge is 0.497 e. The molecule has 2 N–H and O–H groups in total. The molecule has 1 heterocycles. The number of carbonyl (C=O) groups excluding carboxylic acids is 3. The summed E-state index contributed by atoms with van der Waals surface area (Å²) in [6.45, 7) is 1.62. The second-order valence-electron chi connectivity index (χ2n) is 7.22. The van der Waals surface area contributed by atoms with Crippen LogP contribution in [0.15, 0.2) is 48.5 Å². The summed E-state index contributed by atoms with van der Waals surface area (Å²) in [5.41, 5.74) is 2.00. The van der Waals surface area contributed by atoms with Crippen molar-refractivity contribution in [2.24, 2.45) is 0 Å². The van der Waals surface area contributed by atoms with Crippen molar-refractivity contribution in [2.45, 2.75) is 19.0 Å². The molecule has 0 radical (unpaired) electrons. The molecule has 0 aromatic heterocycles. The molecule has 0 aliphatic carbocycles. The Labute approximate surface area is 173 Å². The standard InChI is InChI=1S/C21H23FN4O4/c1-21(15-8-10-16(30-3)11-9-15)19(28)26(20(29)23-21)24-18(27)13-25(2)12-14-6-4-5-7-17(14)22/h4-11H,12-13H2,1-3H3,(H,23,29)(H,24,27). The molecule has 0 saturated carbocycles. The van der Waals surface area contributed by atoms with E-state index in [4.69, 9.17) is 4.74 Å². The van der Waals surface area contributed by atoms with Gasteiger partial charge in [0.05, 0.1) is 13.7 Å². The highest BCUT2D eigenvalue weighted by molar-refractivity contribution is 6.08. The quantitative estimate of drug-likeness (QED) is 0.674. The number of nitrogens with one attached hydrogen (secondary N) is 2. The maximum Gasteiger partial charge on any atom is 0.344 e. The molecule has 8 nitrogen and oxygen atoms in total. The molecule has 2 aromatic carbocycles. The van der Waals surface area contributed by atoms with Gasteiger partial charge < -0.3 is 10.1 Å². The van der Waals surface area contributed by atoms with Crippen LogP contribution in [-0.4, -0.2) is 48.5 Å². The Morgan fingerprint density at radius 1 is 1.20 bits per heavy atom. The van der Waals surface area contributed by atoms with Gasteiger partial charge in [-0.05, 0) is 37.7 Å². The average molecular weight is 414 g/mol. The van der Waals surface area contributed by atoms with Gasteiger partial charge in [0.15, 0.2) is 0 Å². The van der Waals surface area contributed by atoms with Gasteiger partial charge >= 0.3 is 6.03 Å². The summed E-state index contributed by atoms with van der Waals surface area (Å²) in [5.74, 6) is -0.935. The third-order valence-corrected chi connectivity index (χ3v) is 4.91. The smallest absolute Gasteiger partial charge is 0.344 e. The monoisotopic (exact) mass is 414 g/mol. The summed E-state index contributed by atoms with van der Waals surface area (Å²) < 4.78 is 18.9. The number of nitrogens with zero attached hydrogens (tertiary/aromatic N) is 2. The number of benzene rings is 2. The number of imide groups is 1. The summed E-state index contributed by atoms with van der Waals surface area (Å²) >= 11 is 0. The number of likely N-dealkylation sites (N-methyl/N-ethyl adjacent to an activating group) is 1. The van der Waals surface area contributed by atoms with Gasteiger partial charge in [-0.25, -0.2) is 9.18 Å². The first-order chi connectivity index (χ1) is 14.2. The number of urea groups is 1. The van der Waals surface area contributed by atoms with Crippen LogP contribution in [0.1, 0.15) is 18.1 Å². The molecule has 0 bridgehead atoms. The van der Waals surface area contributed by atoms with E-state index < -0.39 is 23.4 Å². The van der Waals surface area contributed by atoms with Crippen LogP contribution in [0, 0.1) is 5.82 Å². The Kier molecular flexibility index (Phi) is 6.02. The van der Waals surface area contributed by atoms with Gasteiger partial charge in [-0.2, -0.15) is 5.01 Å². The minimum absolute atomic E-state index is 0.134. The molecule has 1 atom stereocenters. The van der Waals surface area contributed by atoms with E-state index in [1.807, 2.05) is 0 Å². The normalized spacial score (nSPS) is 18.5. The van der Waals surface area contributed by atoms with Crippen molar-refractivity contribution in [3.63, 3.8) is 0 Å². The van der Waals surface area contributed by atoms with E-state index in [0.717, 1.165) is 0 Å². The molecule has 1 aliphatic rings. The zero-order valence-corrected chi connectivity index (χ0v) is 16.9. The van der Waals surface area contributed by atoms with Gasteiger partial charge in [0.25, 0.3) is 11.8 Å². The maximum absolute atomic E-state index is 13.8. The molecule has 4 amide bonds. The molecule has 3 rings (SSSR count). The number of rotatable bonds is 7. The fourth-order valence-electron chi connectivity index (χ4n) is 3.24. The van der Waals surface area contributed by atoms with Crippen LogP contribution in [0.4, 0.5) is 9.18 Å². The summed E-state index contributed by atoms with van der Waals surface area (Å²) in [6.07, 6.45) is 0. The number of hydrogen-bond acceptors (Lipinski definition) is 5. The fraction of sp³-hybridized carbons (Fsp3) is 0.286. The third kappa shape index (κ3) is 4.25. The molecule has 1 fully saturated rings. The van der Waals surface area contributed by atoms with Crippen LogP contribution in [0.5, 0.6) is 5.75 Å². The van der Waals surface area contributed by atoms with E-state index >= 15 is 0 Å². The predicted octanol–water partition coefficient (Wildman–Crippen LogP) is 1.76. The summed E-state index contributed by atoms with van der Waals surface area (Å²) in [4.78, 5) is 39.2. The van der Waals surface area contributed by atoms with E-state index in [-0.39, 0.29) is 18.9 Å². The zero-order chi connectivity index (χ0) is 21.9. The van der Waals surface area contributed by atoms with Crippen molar-refractivity contribution in [3.8, 4) is 5.75 Å². The van der Waals surface area contributed by atoms with E-state index in [0.29, 0.717) is 21.9 Å². The van der Waals surface area contributed by atoms with Crippen LogP contribution >= 0.6 is 0 Å². The number of carbonyl (C=O) groups is 3. The maximum atomic E-state index is 13.8. The van der Waals surface area contributed by atoms with Crippen LogP contribution in [0.3, 0.4) is 0 Å². The molecule has 1 aliphatic heterocycles. The number of amides is 4. The first-order valence-electron chi connectivity index (χ1n) is 9.27. The Balaban J connectivity index is 1.64. The van der Waals surface area contributed by atoms with Crippen molar-refractivity contribution in [1.29, 1.82) is 0 Å². The van der Waals surface area contributed by atoms with Gasteiger partial charge in [0, 0.05) is 12.1 Å². The first kappa shape index (κ1) is 21.3. The molecule has 9 heteroatoms. The number of hydrazine groups is 1. The molecule has 2 aromatic rings. The van der Waals surface area contributed by atoms with E-state index in [1.165, 1.54) is 13.2 Å². The Morgan fingerprint density at radius 3 is 2.50 bits per heavy atom. The fourth-order valence-corrected chi connectivity index (χ4v) is 3.24. The lowest BCUT2D eigenvalue weighted by molar-refractivity contribution is -0.139. The van der Waals surface area contributed by atoms with Gasteiger partial charge in [0.2, 0.25) is 0 Å². The highest BCUT2D eigenvalue weighted by Gasteiger charge is 2.50. The highest BCUT2D eigenvalue weighted by atomic mass is 19.1. The predicted molar refractivity (Wildman–Crippen MR) is 107 cm³/mol. The van der Waals surface area contributed by atoms with Crippen molar-refractivity contribution >= 4 is 17.8 Å². The minimum atomic E-state index is -1.32. The second kappa shape index (κ2) is 8.50. The summed E-state index contributed by atoms with van der Waals surface area (Å²) in [6, 6.07) is 12.2. The number of hydrogen-bond donors (Lipinski definition) is 2. The minimum Gasteiger partial charge on any atom is -0.497 e.